The predicted octanol–water partition coefficient (Wildman–Crippen LogP) is 4.20. The molecule has 2 aliphatic rings. The van der Waals surface area contributed by atoms with Gasteiger partial charge in [-0.2, -0.15) is 0 Å². The van der Waals surface area contributed by atoms with Crippen molar-refractivity contribution in [2.75, 3.05) is 25.4 Å². The first-order valence-electron chi connectivity index (χ1n) is 11.0. The number of fused-ring (bicyclic) bond motifs is 1. The van der Waals surface area contributed by atoms with E-state index in [1.54, 1.807) is 11.2 Å². The molecule has 0 bridgehead atoms. The summed E-state index contributed by atoms with van der Waals surface area (Å²) in [4.78, 5) is 24.8. The lowest BCUT2D eigenvalue weighted by atomic mass is 9.72. The maximum atomic E-state index is 11.9. The maximum Gasteiger partial charge on any atom is 0.407 e. The lowest BCUT2D eigenvalue weighted by Crippen LogP contribution is -2.68. The molecule has 31 heavy (non-hydrogen) atoms. The van der Waals surface area contributed by atoms with E-state index in [-0.39, 0.29) is 5.41 Å². The van der Waals surface area contributed by atoms with Gasteiger partial charge in [-0.3, -0.25) is 9.80 Å². The standard InChI is InChI=1S/C22H33IN6O2/c1-21(2,3)22(4)12-27(9-10-29(22)20(30)31)14-5-7-15(8-6-14)28-11-16(23)17-18(24)25-13-26-19(17)28/h11,13-15H,5-10,12H2,1-4H3,(H,30,31)(H2,24,25,26). The molecular weight excluding hydrogens is 507 g/mol. The number of carbonyl (C=O) groups is 1. The van der Waals surface area contributed by atoms with Gasteiger partial charge in [0.1, 0.15) is 17.8 Å². The fourth-order valence-electron chi connectivity index (χ4n) is 5.34. The minimum absolute atomic E-state index is 0.137. The number of nitrogen functional groups attached to an aromatic ring is 1. The summed E-state index contributed by atoms with van der Waals surface area (Å²) in [6.07, 6.45) is 7.27. The quantitative estimate of drug-likeness (QED) is 0.554. The van der Waals surface area contributed by atoms with Gasteiger partial charge in [-0.25, -0.2) is 14.8 Å². The van der Waals surface area contributed by atoms with Gasteiger partial charge < -0.3 is 15.4 Å². The molecule has 1 aliphatic carbocycles. The van der Waals surface area contributed by atoms with Gasteiger partial charge in [0.25, 0.3) is 0 Å². The molecule has 1 aliphatic heterocycles. The molecule has 3 N–H and O–H groups in total. The molecule has 0 aromatic carbocycles. The van der Waals surface area contributed by atoms with Crippen LogP contribution in [0.25, 0.3) is 11.0 Å². The van der Waals surface area contributed by atoms with Crippen LogP contribution < -0.4 is 5.73 Å². The first-order valence-corrected chi connectivity index (χ1v) is 12.1. The average molecular weight is 540 g/mol. The summed E-state index contributed by atoms with van der Waals surface area (Å²) in [7, 11) is 0. The van der Waals surface area contributed by atoms with Crippen LogP contribution in [0.2, 0.25) is 0 Å². The third-order valence-electron chi connectivity index (χ3n) is 7.73. The summed E-state index contributed by atoms with van der Waals surface area (Å²) in [5, 5.41) is 10.7. The molecular formula is C22H33IN6O2. The van der Waals surface area contributed by atoms with Crippen LogP contribution in [-0.4, -0.2) is 66.7 Å². The average Bonchev–Trinajstić information content (AvgIpc) is 3.05. The summed E-state index contributed by atoms with van der Waals surface area (Å²) in [6, 6.07) is 0.903. The molecule has 1 saturated heterocycles. The normalized spacial score (nSPS) is 28.2. The summed E-state index contributed by atoms with van der Waals surface area (Å²) in [5.74, 6) is 0.541. The van der Waals surface area contributed by atoms with Gasteiger partial charge in [-0.05, 0) is 60.6 Å². The number of hydrogen-bond acceptors (Lipinski definition) is 5. The molecule has 170 valence electrons. The summed E-state index contributed by atoms with van der Waals surface area (Å²) in [6.45, 7) is 10.7. The number of halogens is 1. The highest BCUT2D eigenvalue weighted by atomic mass is 127. The Morgan fingerprint density at radius 1 is 1.19 bits per heavy atom. The van der Waals surface area contributed by atoms with Crippen molar-refractivity contribution in [1.29, 1.82) is 0 Å². The smallest absolute Gasteiger partial charge is 0.407 e. The van der Waals surface area contributed by atoms with Crippen molar-refractivity contribution in [2.24, 2.45) is 5.41 Å². The van der Waals surface area contributed by atoms with E-state index in [0.717, 1.165) is 53.4 Å². The zero-order valence-electron chi connectivity index (χ0n) is 18.8. The van der Waals surface area contributed by atoms with Crippen molar-refractivity contribution in [2.45, 2.75) is 71.0 Å². The third-order valence-corrected chi connectivity index (χ3v) is 8.55. The number of nitrogens with two attached hydrogens (primary N) is 1. The Labute approximate surface area is 197 Å². The minimum atomic E-state index is -0.809. The lowest BCUT2D eigenvalue weighted by Gasteiger charge is -2.56. The number of piperazine rings is 1. The van der Waals surface area contributed by atoms with Crippen LogP contribution in [-0.2, 0) is 0 Å². The Bertz CT molecular complexity index is 978. The number of amides is 1. The number of anilines is 1. The van der Waals surface area contributed by atoms with Crippen LogP contribution in [0.15, 0.2) is 12.5 Å². The summed E-state index contributed by atoms with van der Waals surface area (Å²) >= 11 is 2.32. The van der Waals surface area contributed by atoms with Crippen LogP contribution in [0.4, 0.5) is 10.6 Å². The van der Waals surface area contributed by atoms with Crippen LogP contribution >= 0.6 is 22.6 Å². The first kappa shape index (κ1) is 22.6. The highest BCUT2D eigenvalue weighted by molar-refractivity contribution is 14.1. The van der Waals surface area contributed by atoms with Crippen molar-refractivity contribution in [3.05, 3.63) is 16.1 Å². The Balaban J connectivity index is 1.48. The number of aromatic nitrogens is 3. The van der Waals surface area contributed by atoms with Crippen molar-refractivity contribution in [3.63, 3.8) is 0 Å². The van der Waals surface area contributed by atoms with Crippen molar-refractivity contribution >= 4 is 45.5 Å². The zero-order valence-corrected chi connectivity index (χ0v) is 21.0. The minimum Gasteiger partial charge on any atom is -0.465 e. The Hall–Kier alpha value is -1.62. The van der Waals surface area contributed by atoms with E-state index in [0.29, 0.717) is 24.4 Å². The second-order valence-corrected chi connectivity index (χ2v) is 11.4. The van der Waals surface area contributed by atoms with E-state index in [4.69, 9.17) is 5.73 Å². The summed E-state index contributed by atoms with van der Waals surface area (Å²) in [5.41, 5.74) is 6.47. The van der Waals surface area contributed by atoms with E-state index in [9.17, 15) is 9.90 Å². The van der Waals surface area contributed by atoms with E-state index >= 15 is 0 Å². The number of carboxylic acid groups (broad SMARTS) is 1. The molecule has 2 fully saturated rings. The van der Waals surface area contributed by atoms with E-state index in [2.05, 4.69) is 75.9 Å². The van der Waals surface area contributed by atoms with Gasteiger partial charge in [0.05, 0.1) is 10.9 Å². The Kier molecular flexibility index (Phi) is 5.87. The summed E-state index contributed by atoms with van der Waals surface area (Å²) < 4.78 is 3.38. The second-order valence-electron chi connectivity index (χ2n) is 10.2. The van der Waals surface area contributed by atoms with Gasteiger partial charge in [-0.15, -0.1) is 0 Å². The number of nitrogens with zero attached hydrogens (tertiary/aromatic N) is 5. The fraction of sp³-hybridized carbons (Fsp3) is 0.682. The number of rotatable bonds is 2. The molecule has 2 aromatic heterocycles. The monoisotopic (exact) mass is 540 g/mol. The molecule has 0 radical (unpaired) electrons. The molecule has 2 aromatic rings. The van der Waals surface area contributed by atoms with Gasteiger partial charge in [0.15, 0.2) is 0 Å². The SMILES string of the molecule is CC(C)(C)C1(C)CN(C2CCC(n3cc(I)c4c(N)ncnc43)CC2)CCN1C(=O)O. The predicted molar refractivity (Wildman–Crippen MR) is 130 cm³/mol. The van der Waals surface area contributed by atoms with Crippen LogP contribution in [0.5, 0.6) is 0 Å². The molecule has 1 saturated carbocycles. The van der Waals surface area contributed by atoms with Crippen LogP contribution in [0.1, 0.15) is 59.4 Å². The van der Waals surface area contributed by atoms with Crippen molar-refractivity contribution in [1.82, 2.24) is 24.3 Å². The van der Waals surface area contributed by atoms with E-state index < -0.39 is 11.6 Å². The Morgan fingerprint density at radius 2 is 1.84 bits per heavy atom. The zero-order chi connectivity index (χ0) is 22.6. The molecule has 8 nitrogen and oxygen atoms in total. The van der Waals surface area contributed by atoms with Gasteiger partial charge in [-0.1, -0.05) is 20.8 Å². The molecule has 1 unspecified atom stereocenters. The largest absolute Gasteiger partial charge is 0.465 e. The Morgan fingerprint density at radius 3 is 2.45 bits per heavy atom. The topological polar surface area (TPSA) is 101 Å². The van der Waals surface area contributed by atoms with Crippen molar-refractivity contribution in [3.8, 4) is 0 Å². The highest BCUT2D eigenvalue weighted by Gasteiger charge is 2.49. The molecule has 4 rings (SSSR count). The fourth-order valence-corrected chi connectivity index (χ4v) is 6.16. The number of hydrogen-bond donors (Lipinski definition) is 2. The van der Waals surface area contributed by atoms with Crippen molar-refractivity contribution < 1.29 is 9.90 Å². The molecule has 1 atom stereocenters. The van der Waals surface area contributed by atoms with Gasteiger partial charge in [0.2, 0.25) is 0 Å². The second kappa shape index (κ2) is 8.06. The molecule has 0 spiro atoms. The molecule has 1 amide bonds. The van der Waals surface area contributed by atoms with Crippen LogP contribution in [0.3, 0.4) is 0 Å². The molecule has 9 heteroatoms. The van der Waals surface area contributed by atoms with Gasteiger partial charge >= 0.3 is 6.09 Å². The maximum absolute atomic E-state index is 11.9. The third kappa shape index (κ3) is 3.88. The van der Waals surface area contributed by atoms with Gasteiger partial charge in [0, 0.05) is 41.5 Å². The molecule has 3 heterocycles. The van der Waals surface area contributed by atoms with E-state index in [1.807, 2.05) is 0 Å². The lowest BCUT2D eigenvalue weighted by molar-refractivity contribution is -0.0607. The highest BCUT2D eigenvalue weighted by Crippen LogP contribution is 2.41. The first-order chi connectivity index (χ1) is 14.5. The van der Waals surface area contributed by atoms with Crippen LogP contribution in [0, 0.1) is 8.99 Å². The van der Waals surface area contributed by atoms with E-state index in [1.165, 1.54) is 0 Å².